The molecule has 110 valence electrons. The van der Waals surface area contributed by atoms with E-state index in [1.54, 1.807) is 11.3 Å². The number of nitrogens with one attached hydrogen (secondary N) is 1. The first kappa shape index (κ1) is 16.4. The van der Waals surface area contributed by atoms with Crippen molar-refractivity contribution in [2.45, 2.75) is 33.2 Å². The molecule has 0 bridgehead atoms. The third kappa shape index (κ3) is 6.89. The van der Waals surface area contributed by atoms with E-state index in [2.05, 4.69) is 48.0 Å². The van der Waals surface area contributed by atoms with Gasteiger partial charge in [0.25, 0.3) is 0 Å². The monoisotopic (exact) mass is 284 g/mol. The third-order valence-corrected chi connectivity index (χ3v) is 3.80. The van der Waals surface area contributed by atoms with Gasteiger partial charge in [-0.1, -0.05) is 13.8 Å². The highest BCUT2D eigenvalue weighted by atomic mass is 32.1. The second-order valence-electron chi connectivity index (χ2n) is 5.14. The highest BCUT2D eigenvalue weighted by molar-refractivity contribution is 7.15. The van der Waals surface area contributed by atoms with E-state index in [4.69, 9.17) is 0 Å². The quantitative estimate of drug-likeness (QED) is 0.716. The zero-order chi connectivity index (χ0) is 14.1. The average molecular weight is 284 g/mol. The van der Waals surface area contributed by atoms with E-state index in [1.165, 1.54) is 11.3 Å². The Balaban J connectivity index is 2.45. The zero-order valence-electron chi connectivity index (χ0n) is 12.8. The van der Waals surface area contributed by atoms with Gasteiger partial charge in [0.2, 0.25) is 0 Å². The highest BCUT2D eigenvalue weighted by Gasteiger charge is 2.08. The van der Waals surface area contributed by atoms with Gasteiger partial charge in [0.05, 0.1) is 0 Å². The van der Waals surface area contributed by atoms with Crippen molar-refractivity contribution in [2.24, 2.45) is 0 Å². The van der Waals surface area contributed by atoms with E-state index >= 15 is 0 Å². The van der Waals surface area contributed by atoms with Crippen LogP contribution in [0.2, 0.25) is 0 Å². The number of nitrogens with zero attached hydrogens (tertiary/aromatic N) is 3. The van der Waals surface area contributed by atoms with Gasteiger partial charge in [-0.2, -0.15) is 0 Å². The number of hydrogen-bond donors (Lipinski definition) is 1. The van der Waals surface area contributed by atoms with E-state index in [9.17, 15) is 0 Å². The second-order valence-corrected chi connectivity index (χ2v) is 6.25. The predicted octanol–water partition coefficient (Wildman–Crippen LogP) is 2.74. The van der Waals surface area contributed by atoms with Crippen molar-refractivity contribution >= 4 is 16.5 Å². The molecule has 0 aliphatic rings. The topological polar surface area (TPSA) is 31.4 Å². The number of anilines is 1. The predicted molar refractivity (Wildman–Crippen MR) is 85.0 cm³/mol. The number of likely N-dealkylation sites (N-methyl/N-ethyl adjacent to an activating group) is 1. The Kier molecular flexibility index (Phi) is 8.02. The van der Waals surface area contributed by atoms with Crippen LogP contribution in [-0.2, 0) is 6.54 Å². The molecule has 0 saturated carbocycles. The van der Waals surface area contributed by atoms with Crippen LogP contribution in [0.25, 0.3) is 0 Å². The fraction of sp³-hybridized carbons (Fsp3) is 0.786. The summed E-state index contributed by atoms with van der Waals surface area (Å²) in [4.78, 5) is 10.5. The number of thiazole rings is 1. The van der Waals surface area contributed by atoms with Crippen molar-refractivity contribution in [1.29, 1.82) is 0 Å². The van der Waals surface area contributed by atoms with Gasteiger partial charge in [-0.3, -0.25) is 4.90 Å². The minimum absolute atomic E-state index is 1.01. The van der Waals surface area contributed by atoms with Gasteiger partial charge >= 0.3 is 0 Å². The standard InChI is InChI=1S/C14H28N4S/c1-5-7-15-14-16-11-13(19-14)12-18(8-6-2)10-9-17(3)4/h11H,5-10,12H2,1-4H3,(H,15,16). The van der Waals surface area contributed by atoms with Gasteiger partial charge in [-0.15, -0.1) is 11.3 Å². The molecule has 0 radical (unpaired) electrons. The summed E-state index contributed by atoms with van der Waals surface area (Å²) in [6.45, 7) is 9.83. The molecule has 0 spiro atoms. The number of hydrogen-bond acceptors (Lipinski definition) is 5. The van der Waals surface area contributed by atoms with E-state index in [1.807, 2.05) is 6.20 Å². The summed E-state index contributed by atoms with van der Waals surface area (Å²) in [6.07, 6.45) is 4.36. The molecule has 0 aromatic carbocycles. The molecule has 0 saturated heterocycles. The summed E-state index contributed by atoms with van der Waals surface area (Å²) in [5.74, 6) is 0. The van der Waals surface area contributed by atoms with E-state index in [0.29, 0.717) is 0 Å². The maximum absolute atomic E-state index is 4.43. The lowest BCUT2D eigenvalue weighted by atomic mass is 10.3. The summed E-state index contributed by atoms with van der Waals surface area (Å²) in [7, 11) is 4.26. The Hall–Kier alpha value is -0.650. The first-order chi connectivity index (χ1) is 9.15. The lowest BCUT2D eigenvalue weighted by Gasteiger charge is -2.22. The van der Waals surface area contributed by atoms with E-state index in [-0.39, 0.29) is 0 Å². The molecule has 19 heavy (non-hydrogen) atoms. The smallest absolute Gasteiger partial charge is 0.182 e. The Morgan fingerprint density at radius 2 is 1.95 bits per heavy atom. The van der Waals surface area contributed by atoms with Crippen LogP contribution in [0.3, 0.4) is 0 Å². The molecule has 5 heteroatoms. The third-order valence-electron chi connectivity index (χ3n) is 2.86. The van der Waals surface area contributed by atoms with E-state index in [0.717, 1.165) is 44.3 Å². The molecular weight excluding hydrogens is 256 g/mol. The van der Waals surface area contributed by atoms with Gasteiger partial charge in [0.15, 0.2) is 5.13 Å². The summed E-state index contributed by atoms with van der Waals surface area (Å²) in [5.41, 5.74) is 0. The molecule has 1 N–H and O–H groups in total. The van der Waals surface area contributed by atoms with Gasteiger partial charge in [0, 0.05) is 37.3 Å². The van der Waals surface area contributed by atoms with Gasteiger partial charge in [-0.05, 0) is 33.5 Å². The van der Waals surface area contributed by atoms with Crippen molar-refractivity contribution in [3.8, 4) is 0 Å². The number of aromatic nitrogens is 1. The Morgan fingerprint density at radius 3 is 2.58 bits per heavy atom. The highest BCUT2D eigenvalue weighted by Crippen LogP contribution is 2.19. The zero-order valence-corrected chi connectivity index (χ0v) is 13.6. The molecule has 4 nitrogen and oxygen atoms in total. The van der Waals surface area contributed by atoms with Crippen LogP contribution in [0.5, 0.6) is 0 Å². The van der Waals surface area contributed by atoms with Crippen molar-refractivity contribution in [3.63, 3.8) is 0 Å². The van der Waals surface area contributed by atoms with Gasteiger partial charge in [-0.25, -0.2) is 4.98 Å². The van der Waals surface area contributed by atoms with E-state index < -0.39 is 0 Å². The molecule has 0 atom stereocenters. The minimum atomic E-state index is 1.01. The summed E-state index contributed by atoms with van der Waals surface area (Å²) >= 11 is 1.78. The van der Waals surface area contributed by atoms with Crippen LogP contribution in [0.1, 0.15) is 31.6 Å². The van der Waals surface area contributed by atoms with Gasteiger partial charge < -0.3 is 10.2 Å². The molecule has 1 aromatic rings. The van der Waals surface area contributed by atoms with Crippen LogP contribution in [0.15, 0.2) is 6.20 Å². The summed E-state index contributed by atoms with van der Waals surface area (Å²) < 4.78 is 0. The van der Waals surface area contributed by atoms with Gasteiger partial charge in [0.1, 0.15) is 0 Å². The first-order valence-corrected chi connectivity index (χ1v) is 8.03. The minimum Gasteiger partial charge on any atom is -0.362 e. The molecule has 0 fully saturated rings. The molecular formula is C14H28N4S. The van der Waals surface area contributed by atoms with Crippen LogP contribution >= 0.6 is 11.3 Å². The normalized spacial score (nSPS) is 11.5. The largest absolute Gasteiger partial charge is 0.362 e. The van der Waals surface area contributed by atoms with Crippen molar-refractivity contribution < 1.29 is 0 Å². The maximum Gasteiger partial charge on any atom is 0.182 e. The van der Waals surface area contributed by atoms with Crippen molar-refractivity contribution in [3.05, 3.63) is 11.1 Å². The molecule has 1 aromatic heterocycles. The fourth-order valence-corrected chi connectivity index (χ4v) is 2.72. The SMILES string of the molecule is CCCNc1ncc(CN(CCC)CCN(C)C)s1. The van der Waals surface area contributed by atoms with Crippen LogP contribution < -0.4 is 5.32 Å². The first-order valence-electron chi connectivity index (χ1n) is 7.21. The lowest BCUT2D eigenvalue weighted by Crippen LogP contribution is -2.31. The van der Waals surface area contributed by atoms with Crippen LogP contribution in [0, 0.1) is 0 Å². The lowest BCUT2D eigenvalue weighted by molar-refractivity contribution is 0.235. The molecule has 0 unspecified atom stereocenters. The van der Waals surface area contributed by atoms with Crippen LogP contribution in [-0.4, -0.2) is 55.1 Å². The van der Waals surface area contributed by atoms with Crippen molar-refractivity contribution in [1.82, 2.24) is 14.8 Å². The molecule has 0 aliphatic carbocycles. The maximum atomic E-state index is 4.43. The molecule has 1 heterocycles. The number of rotatable bonds is 10. The second kappa shape index (κ2) is 9.28. The average Bonchev–Trinajstić information content (AvgIpc) is 2.81. The molecule has 0 aliphatic heterocycles. The Bertz CT molecular complexity index is 338. The summed E-state index contributed by atoms with van der Waals surface area (Å²) in [6, 6.07) is 0. The Labute approximate surface area is 121 Å². The summed E-state index contributed by atoms with van der Waals surface area (Å²) in [5, 5.41) is 4.41. The Morgan fingerprint density at radius 1 is 1.16 bits per heavy atom. The van der Waals surface area contributed by atoms with Crippen LogP contribution in [0.4, 0.5) is 5.13 Å². The molecule has 0 amide bonds. The molecule has 1 rings (SSSR count). The van der Waals surface area contributed by atoms with Crippen molar-refractivity contribution in [2.75, 3.05) is 45.6 Å². The fourth-order valence-electron chi connectivity index (χ4n) is 1.84.